The van der Waals surface area contributed by atoms with Crippen LogP contribution in [0.3, 0.4) is 0 Å². The summed E-state index contributed by atoms with van der Waals surface area (Å²) in [5.74, 6) is 1.50. The van der Waals surface area contributed by atoms with E-state index >= 15 is 0 Å². The summed E-state index contributed by atoms with van der Waals surface area (Å²) in [4.78, 5) is 33.8. The maximum atomic E-state index is 13.6. The van der Waals surface area contributed by atoms with E-state index in [9.17, 15) is 9.59 Å². The molecule has 0 radical (unpaired) electrons. The molecule has 0 aliphatic carbocycles. The number of fused-ring (bicyclic) bond motifs is 2. The van der Waals surface area contributed by atoms with Gasteiger partial charge < -0.3 is 14.8 Å². The Labute approximate surface area is 234 Å². The van der Waals surface area contributed by atoms with Gasteiger partial charge in [-0.25, -0.2) is 4.98 Å². The van der Waals surface area contributed by atoms with Crippen LogP contribution < -0.4 is 20.3 Å². The highest BCUT2D eigenvalue weighted by Crippen LogP contribution is 2.36. The minimum absolute atomic E-state index is 0.180. The topological polar surface area (TPSA) is 85.2 Å². The quantitative estimate of drug-likeness (QED) is 0.257. The number of amides is 1. The molecular formula is C29H24N4O4S2. The number of carbonyl (C=O) groups is 1. The highest BCUT2D eigenvalue weighted by atomic mass is 32.2. The van der Waals surface area contributed by atoms with Crippen LogP contribution in [0.2, 0.25) is 0 Å². The number of nitrogens with one attached hydrogen (secondary N) is 1. The average molecular weight is 557 g/mol. The van der Waals surface area contributed by atoms with E-state index in [1.807, 2.05) is 55.5 Å². The number of benzene rings is 2. The van der Waals surface area contributed by atoms with Crippen LogP contribution in [-0.4, -0.2) is 37.8 Å². The maximum absolute atomic E-state index is 13.6. The van der Waals surface area contributed by atoms with Gasteiger partial charge in [-0.15, -0.1) is 0 Å². The van der Waals surface area contributed by atoms with Gasteiger partial charge in [0.2, 0.25) is 6.79 Å². The molecule has 0 saturated carbocycles. The number of rotatable bonds is 7. The van der Waals surface area contributed by atoms with Crippen LogP contribution in [0.5, 0.6) is 11.5 Å². The first-order chi connectivity index (χ1) is 19.0. The van der Waals surface area contributed by atoms with Gasteiger partial charge in [-0.05, 0) is 54.3 Å². The Morgan fingerprint density at radius 3 is 2.72 bits per heavy atom. The van der Waals surface area contributed by atoms with Crippen LogP contribution in [-0.2, 0) is 17.8 Å². The normalized spacial score (nSPS) is 15.5. The molecule has 4 aromatic rings. The largest absolute Gasteiger partial charge is 0.454 e. The highest BCUT2D eigenvalue weighted by molar-refractivity contribution is 8.26. The molecule has 10 heteroatoms. The van der Waals surface area contributed by atoms with Crippen molar-refractivity contribution in [3.8, 4) is 11.5 Å². The second-order valence-electron chi connectivity index (χ2n) is 9.18. The molecule has 2 aromatic heterocycles. The molecule has 4 heterocycles. The molecule has 0 atom stereocenters. The fraction of sp³-hybridized carbons (Fsp3) is 0.172. The summed E-state index contributed by atoms with van der Waals surface area (Å²) in [5, 5.41) is 3.34. The van der Waals surface area contributed by atoms with Crippen LogP contribution >= 0.6 is 24.0 Å². The van der Waals surface area contributed by atoms with Gasteiger partial charge in [0.15, 0.2) is 11.5 Å². The zero-order chi connectivity index (χ0) is 26.9. The number of thiocarbonyl (C=S) groups is 1. The third kappa shape index (κ3) is 5.00. The van der Waals surface area contributed by atoms with Crippen molar-refractivity contribution in [3.05, 3.63) is 104 Å². The molecule has 8 nitrogen and oxygen atoms in total. The zero-order valence-corrected chi connectivity index (χ0v) is 22.7. The summed E-state index contributed by atoms with van der Waals surface area (Å²) < 4.78 is 12.8. The molecule has 6 rings (SSSR count). The third-order valence-electron chi connectivity index (χ3n) is 6.56. The van der Waals surface area contributed by atoms with Gasteiger partial charge in [0.05, 0.1) is 17.0 Å². The molecule has 2 aliphatic rings. The second kappa shape index (κ2) is 10.5. The second-order valence-corrected chi connectivity index (χ2v) is 10.9. The van der Waals surface area contributed by atoms with Crippen LogP contribution in [0.4, 0.5) is 5.82 Å². The predicted octanol–water partition coefficient (Wildman–Crippen LogP) is 4.79. The first kappa shape index (κ1) is 25.1. The number of hydrogen-bond donors (Lipinski definition) is 1. The van der Waals surface area contributed by atoms with E-state index < -0.39 is 0 Å². The minimum atomic E-state index is -0.258. The number of ether oxygens (including phenoxy) is 2. The summed E-state index contributed by atoms with van der Waals surface area (Å²) in [7, 11) is 0. The Hall–Kier alpha value is -4.15. The molecule has 1 fully saturated rings. The van der Waals surface area contributed by atoms with Crippen molar-refractivity contribution >= 4 is 51.7 Å². The van der Waals surface area contributed by atoms with E-state index in [1.165, 1.54) is 26.6 Å². The summed E-state index contributed by atoms with van der Waals surface area (Å²) in [6.45, 7) is 2.95. The van der Waals surface area contributed by atoms with Crippen molar-refractivity contribution in [2.45, 2.75) is 19.9 Å². The number of aryl methyl sites for hydroxylation is 1. The van der Waals surface area contributed by atoms with Crippen LogP contribution in [0, 0.1) is 6.92 Å². The number of anilines is 1. The molecule has 1 N–H and O–H groups in total. The molecule has 1 amide bonds. The number of carbonyl (C=O) groups excluding carboxylic acids is 1. The summed E-state index contributed by atoms with van der Waals surface area (Å²) in [6, 6.07) is 19.4. The van der Waals surface area contributed by atoms with Gasteiger partial charge in [0.1, 0.15) is 15.8 Å². The lowest BCUT2D eigenvalue weighted by molar-refractivity contribution is -0.122. The molecule has 2 aliphatic heterocycles. The van der Waals surface area contributed by atoms with E-state index in [4.69, 9.17) is 26.7 Å². The van der Waals surface area contributed by atoms with E-state index in [2.05, 4.69) is 17.4 Å². The fourth-order valence-electron chi connectivity index (χ4n) is 4.54. The smallest absolute Gasteiger partial charge is 0.267 e. The lowest BCUT2D eigenvalue weighted by Gasteiger charge is -2.15. The third-order valence-corrected chi connectivity index (χ3v) is 7.94. The van der Waals surface area contributed by atoms with Crippen LogP contribution in [0.25, 0.3) is 11.7 Å². The molecule has 0 spiro atoms. The predicted molar refractivity (Wildman–Crippen MR) is 156 cm³/mol. The highest BCUT2D eigenvalue weighted by Gasteiger charge is 2.33. The van der Waals surface area contributed by atoms with E-state index in [1.54, 1.807) is 12.3 Å². The molecule has 1 saturated heterocycles. The lowest BCUT2D eigenvalue weighted by Crippen LogP contribution is -2.27. The molecular weight excluding hydrogens is 532 g/mol. The Bertz CT molecular complexity index is 1700. The van der Waals surface area contributed by atoms with Gasteiger partial charge in [0, 0.05) is 12.7 Å². The fourth-order valence-corrected chi connectivity index (χ4v) is 5.77. The summed E-state index contributed by atoms with van der Waals surface area (Å²) >= 11 is 6.73. The van der Waals surface area contributed by atoms with Gasteiger partial charge in [-0.1, -0.05) is 66.4 Å². The van der Waals surface area contributed by atoms with Crippen molar-refractivity contribution in [1.29, 1.82) is 0 Å². The monoisotopic (exact) mass is 556 g/mol. The molecule has 2 aromatic carbocycles. The number of hydrogen-bond acceptors (Lipinski definition) is 8. The molecule has 196 valence electrons. The van der Waals surface area contributed by atoms with Gasteiger partial charge >= 0.3 is 0 Å². The number of nitrogens with zero attached hydrogens (tertiary/aromatic N) is 3. The average Bonchev–Trinajstić information content (AvgIpc) is 3.51. The zero-order valence-electron chi connectivity index (χ0n) is 21.0. The Morgan fingerprint density at radius 1 is 1.05 bits per heavy atom. The molecule has 0 unspecified atom stereocenters. The number of aromatic nitrogens is 2. The van der Waals surface area contributed by atoms with Gasteiger partial charge in [-0.2, -0.15) is 0 Å². The van der Waals surface area contributed by atoms with E-state index in [0.717, 1.165) is 17.5 Å². The van der Waals surface area contributed by atoms with Crippen molar-refractivity contribution in [1.82, 2.24) is 14.3 Å². The first-order valence-corrected chi connectivity index (χ1v) is 13.6. The van der Waals surface area contributed by atoms with E-state index in [-0.39, 0.29) is 24.8 Å². The number of pyridine rings is 1. The van der Waals surface area contributed by atoms with Crippen molar-refractivity contribution in [3.63, 3.8) is 0 Å². The van der Waals surface area contributed by atoms with Crippen molar-refractivity contribution < 1.29 is 14.3 Å². The first-order valence-electron chi connectivity index (χ1n) is 12.4. The van der Waals surface area contributed by atoms with Crippen molar-refractivity contribution in [2.24, 2.45) is 0 Å². The Balaban J connectivity index is 1.31. The van der Waals surface area contributed by atoms with Crippen molar-refractivity contribution in [2.75, 3.05) is 18.7 Å². The SMILES string of the molecule is Cc1cccn2c(=O)c(/C=C3/SC(=S)N(Cc4ccc5c(c4)OCO5)C3=O)c(NCCc3ccccc3)nc12. The molecule has 39 heavy (non-hydrogen) atoms. The van der Waals surface area contributed by atoms with Gasteiger partial charge in [-0.3, -0.25) is 18.9 Å². The summed E-state index contributed by atoms with van der Waals surface area (Å²) in [5.41, 5.74) is 3.54. The van der Waals surface area contributed by atoms with Crippen LogP contribution in [0.1, 0.15) is 22.3 Å². The summed E-state index contributed by atoms with van der Waals surface area (Å²) in [6.07, 6.45) is 4.05. The standard InChI is InChI=1S/C29H24N4O4S2/c1-18-6-5-13-32-26(18)31-25(30-12-11-19-7-3-2-4-8-19)21(27(32)34)15-24-28(35)33(29(38)39-24)16-20-9-10-22-23(14-20)37-17-36-22/h2-10,13-15,30H,11-12,16-17H2,1H3/b24-15+. The molecule has 0 bridgehead atoms. The Morgan fingerprint density at radius 2 is 1.87 bits per heavy atom. The van der Waals surface area contributed by atoms with E-state index in [0.29, 0.717) is 44.3 Å². The van der Waals surface area contributed by atoms with Gasteiger partial charge in [0.25, 0.3) is 11.5 Å². The van der Waals surface area contributed by atoms with Crippen LogP contribution in [0.15, 0.2) is 76.6 Å². The lowest BCUT2D eigenvalue weighted by atomic mass is 10.1. The number of thioether (sulfide) groups is 1. The Kier molecular flexibility index (Phi) is 6.80. The maximum Gasteiger partial charge on any atom is 0.267 e. The minimum Gasteiger partial charge on any atom is -0.454 e.